The average Bonchev–Trinajstić information content (AvgIpc) is 3.21. The Labute approximate surface area is 148 Å². The second-order valence-corrected chi connectivity index (χ2v) is 5.97. The summed E-state index contributed by atoms with van der Waals surface area (Å²) in [6.07, 6.45) is 1.55. The number of aromatic nitrogens is 4. The molecule has 0 bridgehead atoms. The van der Waals surface area contributed by atoms with E-state index < -0.39 is 5.82 Å². The third-order valence-corrected chi connectivity index (χ3v) is 4.28. The van der Waals surface area contributed by atoms with Gasteiger partial charge in [-0.25, -0.2) is 14.1 Å². The van der Waals surface area contributed by atoms with Crippen molar-refractivity contribution in [2.45, 2.75) is 6.92 Å². The lowest BCUT2D eigenvalue weighted by molar-refractivity contribution is 0.102. The Bertz CT molecular complexity index is 1130. The molecule has 4 rings (SSSR count). The van der Waals surface area contributed by atoms with Crippen LogP contribution in [0.4, 0.5) is 10.1 Å². The molecule has 0 aliphatic rings. The van der Waals surface area contributed by atoms with E-state index in [-0.39, 0.29) is 17.3 Å². The number of carbonyl (C=O) groups is 1. The Morgan fingerprint density at radius 2 is 1.96 bits per heavy atom. The summed E-state index contributed by atoms with van der Waals surface area (Å²) in [6.45, 7) is 1.92. The number of hydrogen-bond donors (Lipinski definition) is 1. The molecule has 0 saturated heterocycles. The van der Waals surface area contributed by atoms with Crippen LogP contribution in [0.1, 0.15) is 16.3 Å². The minimum atomic E-state index is -0.404. The van der Waals surface area contributed by atoms with E-state index in [1.807, 2.05) is 36.7 Å². The molecular weight excluding hydrogens is 333 g/mol. The number of amides is 1. The molecule has 0 radical (unpaired) electrons. The van der Waals surface area contributed by atoms with E-state index in [0.717, 1.165) is 16.9 Å². The minimum Gasteiger partial charge on any atom is -0.331 e. The number of benzene rings is 2. The first kappa shape index (κ1) is 16.0. The van der Waals surface area contributed by atoms with Gasteiger partial charge in [0.2, 0.25) is 0 Å². The average molecular weight is 349 g/mol. The van der Waals surface area contributed by atoms with Crippen molar-refractivity contribution < 1.29 is 9.18 Å². The molecule has 7 heteroatoms. The Hall–Kier alpha value is -3.48. The number of para-hydroxylation sites is 1. The zero-order chi connectivity index (χ0) is 18.3. The molecule has 0 saturated carbocycles. The van der Waals surface area contributed by atoms with E-state index >= 15 is 0 Å². The van der Waals surface area contributed by atoms with Gasteiger partial charge in [0.15, 0.2) is 5.69 Å². The van der Waals surface area contributed by atoms with Crippen LogP contribution < -0.4 is 5.32 Å². The zero-order valence-corrected chi connectivity index (χ0v) is 14.3. The van der Waals surface area contributed by atoms with Crippen LogP contribution in [0.3, 0.4) is 0 Å². The van der Waals surface area contributed by atoms with Gasteiger partial charge in [-0.3, -0.25) is 4.79 Å². The predicted octanol–water partition coefficient (Wildman–Crippen LogP) is 3.46. The van der Waals surface area contributed by atoms with E-state index in [0.29, 0.717) is 5.69 Å². The first-order valence-corrected chi connectivity index (χ1v) is 8.08. The highest BCUT2D eigenvalue weighted by atomic mass is 19.1. The molecular formula is C19H16FN5O. The largest absolute Gasteiger partial charge is 0.331 e. The van der Waals surface area contributed by atoms with Crippen molar-refractivity contribution in [2.75, 3.05) is 5.32 Å². The lowest BCUT2D eigenvalue weighted by Gasteiger charge is -2.04. The van der Waals surface area contributed by atoms with Crippen molar-refractivity contribution in [2.24, 2.45) is 7.05 Å². The lowest BCUT2D eigenvalue weighted by atomic mass is 10.2. The molecule has 0 aliphatic heterocycles. The summed E-state index contributed by atoms with van der Waals surface area (Å²) in [5.74, 6) is 0.123. The Balaban J connectivity index is 1.58. The number of imidazole rings is 1. The monoisotopic (exact) mass is 349 g/mol. The molecule has 130 valence electrons. The van der Waals surface area contributed by atoms with Gasteiger partial charge in [0, 0.05) is 18.9 Å². The molecule has 26 heavy (non-hydrogen) atoms. The highest BCUT2D eigenvalue weighted by molar-refractivity contribution is 6.03. The van der Waals surface area contributed by atoms with Crippen LogP contribution in [0.25, 0.3) is 16.7 Å². The van der Waals surface area contributed by atoms with Gasteiger partial charge >= 0.3 is 0 Å². The maximum absolute atomic E-state index is 13.8. The summed E-state index contributed by atoms with van der Waals surface area (Å²) in [6, 6.07) is 13.3. The van der Waals surface area contributed by atoms with Crippen LogP contribution >= 0.6 is 0 Å². The van der Waals surface area contributed by atoms with Crippen LogP contribution in [-0.2, 0) is 7.05 Å². The highest BCUT2D eigenvalue weighted by Crippen LogP contribution is 2.20. The molecule has 0 unspecified atom stereocenters. The fourth-order valence-corrected chi connectivity index (χ4v) is 2.81. The third kappa shape index (κ3) is 2.73. The van der Waals surface area contributed by atoms with Gasteiger partial charge in [-0.2, -0.15) is 5.10 Å². The maximum atomic E-state index is 13.8. The first-order valence-electron chi connectivity index (χ1n) is 8.08. The van der Waals surface area contributed by atoms with E-state index in [1.165, 1.54) is 10.7 Å². The Morgan fingerprint density at radius 3 is 2.77 bits per heavy atom. The normalized spacial score (nSPS) is 11.0. The van der Waals surface area contributed by atoms with Crippen LogP contribution in [0, 0.1) is 12.7 Å². The number of hydrogen-bond acceptors (Lipinski definition) is 3. The molecule has 1 amide bonds. The van der Waals surface area contributed by atoms with Gasteiger partial charge in [0.1, 0.15) is 17.3 Å². The minimum absolute atomic E-state index is 0.200. The number of rotatable bonds is 3. The number of nitrogens with one attached hydrogen (secondary N) is 1. The van der Waals surface area contributed by atoms with Crippen molar-refractivity contribution in [1.82, 2.24) is 19.3 Å². The number of nitrogens with zero attached hydrogens (tertiary/aromatic N) is 4. The molecule has 0 atom stereocenters. The fraction of sp³-hybridized carbons (Fsp3) is 0.105. The van der Waals surface area contributed by atoms with Crippen molar-refractivity contribution in [3.8, 4) is 5.69 Å². The van der Waals surface area contributed by atoms with Crippen LogP contribution in [0.5, 0.6) is 0 Å². The molecule has 2 aromatic heterocycles. The number of halogens is 1. The van der Waals surface area contributed by atoms with Crippen molar-refractivity contribution in [3.05, 3.63) is 72.1 Å². The van der Waals surface area contributed by atoms with Crippen LogP contribution in [0.15, 0.2) is 54.7 Å². The second kappa shape index (κ2) is 6.11. The standard InChI is InChI=1S/C19H16FN5O/c1-12-21-16-11-13(7-8-18(16)24(12)2)22-19(26)15-9-10-25(23-15)17-6-4-3-5-14(17)20/h3-11H,1-2H3,(H,22,26). The van der Waals surface area contributed by atoms with Gasteiger partial charge in [-0.15, -0.1) is 0 Å². The molecule has 2 heterocycles. The number of aryl methyl sites for hydroxylation is 2. The molecule has 2 aromatic carbocycles. The quantitative estimate of drug-likeness (QED) is 0.616. The molecule has 1 N–H and O–H groups in total. The lowest BCUT2D eigenvalue weighted by Crippen LogP contribution is -2.13. The van der Waals surface area contributed by atoms with Crippen LogP contribution in [0.2, 0.25) is 0 Å². The summed E-state index contributed by atoms with van der Waals surface area (Å²) in [5, 5.41) is 6.96. The van der Waals surface area contributed by atoms with Gasteiger partial charge in [0.05, 0.1) is 11.0 Å². The van der Waals surface area contributed by atoms with Gasteiger partial charge < -0.3 is 9.88 Å². The van der Waals surface area contributed by atoms with Gasteiger partial charge in [-0.05, 0) is 43.3 Å². The summed E-state index contributed by atoms with van der Waals surface area (Å²) in [4.78, 5) is 16.9. The van der Waals surface area contributed by atoms with E-state index in [9.17, 15) is 9.18 Å². The highest BCUT2D eigenvalue weighted by Gasteiger charge is 2.13. The number of carbonyl (C=O) groups excluding carboxylic acids is 1. The topological polar surface area (TPSA) is 64.7 Å². The zero-order valence-electron chi connectivity index (χ0n) is 14.3. The Kier molecular flexibility index (Phi) is 3.76. The molecule has 6 nitrogen and oxygen atoms in total. The van der Waals surface area contributed by atoms with Crippen LogP contribution in [-0.4, -0.2) is 25.2 Å². The van der Waals surface area contributed by atoms with E-state index in [1.54, 1.807) is 30.5 Å². The second-order valence-electron chi connectivity index (χ2n) is 5.97. The summed E-state index contributed by atoms with van der Waals surface area (Å²) >= 11 is 0. The molecule has 0 fully saturated rings. The smallest absolute Gasteiger partial charge is 0.276 e. The summed E-state index contributed by atoms with van der Waals surface area (Å²) in [5.41, 5.74) is 2.91. The van der Waals surface area contributed by atoms with E-state index in [2.05, 4.69) is 15.4 Å². The fourth-order valence-electron chi connectivity index (χ4n) is 2.81. The van der Waals surface area contributed by atoms with Crippen molar-refractivity contribution in [3.63, 3.8) is 0 Å². The Morgan fingerprint density at radius 1 is 1.15 bits per heavy atom. The molecule has 4 aromatic rings. The summed E-state index contributed by atoms with van der Waals surface area (Å²) in [7, 11) is 1.94. The van der Waals surface area contributed by atoms with Gasteiger partial charge in [-0.1, -0.05) is 12.1 Å². The van der Waals surface area contributed by atoms with Crippen molar-refractivity contribution >= 4 is 22.6 Å². The van der Waals surface area contributed by atoms with E-state index in [4.69, 9.17) is 0 Å². The number of anilines is 1. The first-order chi connectivity index (χ1) is 12.5. The molecule has 0 spiro atoms. The third-order valence-electron chi connectivity index (χ3n) is 4.28. The van der Waals surface area contributed by atoms with Crippen molar-refractivity contribution in [1.29, 1.82) is 0 Å². The summed E-state index contributed by atoms with van der Waals surface area (Å²) < 4.78 is 17.2. The molecule has 0 aliphatic carbocycles. The predicted molar refractivity (Wildman–Crippen MR) is 96.9 cm³/mol. The SMILES string of the molecule is Cc1nc2cc(NC(=O)c3ccn(-c4ccccc4F)n3)ccc2n1C. The number of fused-ring (bicyclic) bond motifs is 1. The van der Waals surface area contributed by atoms with Gasteiger partial charge in [0.25, 0.3) is 5.91 Å². The maximum Gasteiger partial charge on any atom is 0.276 e.